The van der Waals surface area contributed by atoms with Gasteiger partial charge >= 0.3 is 0 Å². The minimum absolute atomic E-state index is 0.000251. The van der Waals surface area contributed by atoms with Gasteiger partial charge in [0.1, 0.15) is 11.4 Å². The second-order valence-corrected chi connectivity index (χ2v) is 6.69. The summed E-state index contributed by atoms with van der Waals surface area (Å²) in [4.78, 5) is 22.2. The Balaban J connectivity index is 1.75. The zero-order valence-corrected chi connectivity index (χ0v) is 15.8. The van der Waals surface area contributed by atoms with Crippen LogP contribution < -0.4 is 4.74 Å². The molecule has 0 atom stereocenters. The van der Waals surface area contributed by atoms with Crippen LogP contribution in [0.1, 0.15) is 17.4 Å². The van der Waals surface area contributed by atoms with Crippen LogP contribution in [-0.2, 0) is 0 Å². The number of hydrogen-bond acceptors (Lipinski definition) is 4. The second kappa shape index (κ2) is 7.40. The van der Waals surface area contributed by atoms with Gasteiger partial charge in [-0.15, -0.1) is 0 Å². The first-order valence-corrected chi connectivity index (χ1v) is 9.34. The molecule has 3 heterocycles. The van der Waals surface area contributed by atoms with Crippen LogP contribution in [0.15, 0.2) is 48.7 Å². The zero-order valence-electron chi connectivity index (χ0n) is 15.8. The van der Waals surface area contributed by atoms with Crippen molar-refractivity contribution in [3.8, 4) is 17.0 Å². The fourth-order valence-electron chi connectivity index (χ4n) is 3.59. The lowest BCUT2D eigenvalue weighted by molar-refractivity contribution is 0.0639. The Hall–Kier alpha value is -2.86. The van der Waals surface area contributed by atoms with Crippen LogP contribution >= 0.6 is 0 Å². The van der Waals surface area contributed by atoms with E-state index in [1.807, 2.05) is 58.0 Å². The summed E-state index contributed by atoms with van der Waals surface area (Å²) in [5.74, 6) is 0.788. The number of likely N-dealkylation sites (N-methyl/N-ethyl adjacent to an activating group) is 1. The average molecular weight is 364 g/mol. The predicted molar refractivity (Wildman–Crippen MR) is 105 cm³/mol. The Morgan fingerprint density at radius 3 is 2.48 bits per heavy atom. The summed E-state index contributed by atoms with van der Waals surface area (Å²) in [5.41, 5.74) is 3.07. The number of fused-ring (bicyclic) bond motifs is 1. The van der Waals surface area contributed by atoms with Gasteiger partial charge in [0.25, 0.3) is 5.91 Å². The van der Waals surface area contributed by atoms with Crippen molar-refractivity contribution in [3.05, 3.63) is 54.4 Å². The van der Waals surface area contributed by atoms with E-state index in [9.17, 15) is 4.79 Å². The molecule has 1 fully saturated rings. The number of hydrogen-bond donors (Lipinski definition) is 0. The molecule has 4 rings (SSSR count). The summed E-state index contributed by atoms with van der Waals surface area (Å²) in [6, 6.07) is 13.6. The Kier molecular flexibility index (Phi) is 4.81. The smallest absolute Gasteiger partial charge is 0.274 e. The maximum Gasteiger partial charge on any atom is 0.274 e. The lowest BCUT2D eigenvalue weighted by atomic mass is 10.1. The molecule has 27 heavy (non-hydrogen) atoms. The van der Waals surface area contributed by atoms with E-state index < -0.39 is 0 Å². The van der Waals surface area contributed by atoms with Gasteiger partial charge in [-0.05, 0) is 42.9 Å². The largest absolute Gasteiger partial charge is 0.497 e. The third-order valence-corrected chi connectivity index (χ3v) is 5.20. The van der Waals surface area contributed by atoms with Gasteiger partial charge < -0.3 is 14.5 Å². The fraction of sp³-hybridized carbons (Fsp3) is 0.333. The van der Waals surface area contributed by atoms with Gasteiger partial charge in [-0.25, -0.2) is 4.98 Å². The van der Waals surface area contributed by atoms with E-state index in [1.54, 1.807) is 7.11 Å². The quantitative estimate of drug-likeness (QED) is 0.714. The average Bonchev–Trinajstić information content (AvgIpc) is 3.13. The minimum atomic E-state index is 0.000251. The molecule has 3 aromatic rings. The molecule has 1 aromatic carbocycles. The maximum atomic E-state index is 13.3. The lowest BCUT2D eigenvalue weighted by Gasteiger charge is -2.33. The first-order chi connectivity index (χ1) is 13.2. The lowest BCUT2D eigenvalue weighted by Crippen LogP contribution is -2.48. The summed E-state index contributed by atoms with van der Waals surface area (Å²) in [6.45, 7) is 6.47. The van der Waals surface area contributed by atoms with Crippen molar-refractivity contribution in [2.45, 2.75) is 6.92 Å². The molecular formula is C21H24N4O2. The number of pyridine rings is 1. The molecule has 2 aromatic heterocycles. The van der Waals surface area contributed by atoms with E-state index in [0.29, 0.717) is 5.69 Å². The number of methoxy groups -OCH3 is 1. The van der Waals surface area contributed by atoms with Gasteiger partial charge in [-0.1, -0.05) is 13.0 Å². The molecule has 1 amide bonds. The van der Waals surface area contributed by atoms with Gasteiger partial charge in [-0.2, -0.15) is 0 Å². The van der Waals surface area contributed by atoms with Crippen LogP contribution in [0.3, 0.4) is 0 Å². The number of ether oxygens (including phenoxy) is 1. The molecule has 1 saturated heterocycles. The third kappa shape index (κ3) is 3.28. The van der Waals surface area contributed by atoms with Crippen molar-refractivity contribution in [2.75, 3.05) is 39.8 Å². The molecule has 6 heteroatoms. The van der Waals surface area contributed by atoms with Crippen molar-refractivity contribution >= 4 is 11.6 Å². The fourth-order valence-corrected chi connectivity index (χ4v) is 3.59. The first-order valence-electron chi connectivity index (χ1n) is 9.34. The number of imidazole rings is 1. The van der Waals surface area contributed by atoms with Gasteiger partial charge in [0.15, 0.2) is 5.69 Å². The topological polar surface area (TPSA) is 50.1 Å². The van der Waals surface area contributed by atoms with Gasteiger partial charge in [-0.3, -0.25) is 9.20 Å². The number of carbonyl (C=O) groups excluding carboxylic acids is 1. The molecule has 6 nitrogen and oxygen atoms in total. The highest BCUT2D eigenvalue weighted by molar-refractivity contribution is 5.99. The molecule has 1 aliphatic rings. The molecule has 0 saturated carbocycles. The highest BCUT2D eigenvalue weighted by Crippen LogP contribution is 2.28. The monoisotopic (exact) mass is 364 g/mol. The minimum Gasteiger partial charge on any atom is -0.497 e. The number of benzene rings is 1. The number of nitrogens with zero attached hydrogens (tertiary/aromatic N) is 4. The number of rotatable bonds is 4. The molecule has 140 valence electrons. The van der Waals surface area contributed by atoms with Crippen LogP contribution in [0, 0.1) is 0 Å². The van der Waals surface area contributed by atoms with Crippen LogP contribution in [-0.4, -0.2) is 64.9 Å². The number of carbonyl (C=O) groups is 1. The van der Waals surface area contributed by atoms with E-state index in [0.717, 1.165) is 55.4 Å². The zero-order chi connectivity index (χ0) is 18.8. The highest BCUT2D eigenvalue weighted by Gasteiger charge is 2.27. The normalized spacial score (nSPS) is 15.3. The van der Waals surface area contributed by atoms with Crippen molar-refractivity contribution in [3.63, 3.8) is 0 Å². The van der Waals surface area contributed by atoms with Crippen molar-refractivity contribution in [1.29, 1.82) is 0 Å². The second-order valence-electron chi connectivity index (χ2n) is 6.69. The Morgan fingerprint density at radius 1 is 1.07 bits per heavy atom. The van der Waals surface area contributed by atoms with E-state index in [4.69, 9.17) is 4.74 Å². The predicted octanol–water partition coefficient (Wildman–Crippen LogP) is 2.79. The van der Waals surface area contributed by atoms with E-state index in [-0.39, 0.29) is 5.91 Å². The van der Waals surface area contributed by atoms with Gasteiger partial charge in [0, 0.05) is 37.9 Å². The summed E-state index contributed by atoms with van der Waals surface area (Å²) in [6.07, 6.45) is 1.95. The van der Waals surface area contributed by atoms with Gasteiger partial charge in [0.2, 0.25) is 0 Å². The van der Waals surface area contributed by atoms with Crippen molar-refractivity contribution in [2.24, 2.45) is 0 Å². The van der Waals surface area contributed by atoms with Crippen LogP contribution in [0.2, 0.25) is 0 Å². The summed E-state index contributed by atoms with van der Waals surface area (Å²) in [5, 5.41) is 0. The molecular weight excluding hydrogens is 340 g/mol. The van der Waals surface area contributed by atoms with Crippen molar-refractivity contribution < 1.29 is 9.53 Å². The number of piperazine rings is 1. The molecule has 0 unspecified atom stereocenters. The van der Waals surface area contributed by atoms with E-state index in [2.05, 4.69) is 16.8 Å². The Labute approximate surface area is 159 Å². The van der Waals surface area contributed by atoms with Crippen molar-refractivity contribution in [1.82, 2.24) is 19.2 Å². The molecule has 1 aliphatic heterocycles. The summed E-state index contributed by atoms with van der Waals surface area (Å²) >= 11 is 0. The molecule has 0 radical (unpaired) electrons. The molecule has 0 aliphatic carbocycles. The Bertz CT molecular complexity index is 940. The van der Waals surface area contributed by atoms with Crippen LogP contribution in [0.4, 0.5) is 0 Å². The van der Waals surface area contributed by atoms with Crippen LogP contribution in [0.25, 0.3) is 16.9 Å². The molecule has 0 N–H and O–H groups in total. The SMILES string of the molecule is CCN1CCN(C(=O)c2nc3ccccn3c2-c2ccc(OC)cc2)CC1. The molecule has 0 spiro atoms. The van der Waals surface area contributed by atoms with Crippen LogP contribution in [0.5, 0.6) is 5.75 Å². The number of amides is 1. The maximum absolute atomic E-state index is 13.3. The van der Waals surface area contributed by atoms with E-state index >= 15 is 0 Å². The third-order valence-electron chi connectivity index (χ3n) is 5.20. The Morgan fingerprint density at radius 2 is 1.81 bits per heavy atom. The molecule has 0 bridgehead atoms. The summed E-state index contributed by atoms with van der Waals surface area (Å²) < 4.78 is 7.25. The standard InChI is InChI=1S/C21H24N4O2/c1-3-23-12-14-24(15-13-23)21(26)19-20(16-7-9-17(27-2)10-8-16)25-11-5-4-6-18(25)22-19/h4-11H,3,12-15H2,1-2H3. The first kappa shape index (κ1) is 17.5. The number of aromatic nitrogens is 2. The summed E-state index contributed by atoms with van der Waals surface area (Å²) in [7, 11) is 1.65. The van der Waals surface area contributed by atoms with E-state index in [1.165, 1.54) is 0 Å². The van der Waals surface area contributed by atoms with Gasteiger partial charge in [0.05, 0.1) is 12.8 Å². The highest BCUT2D eigenvalue weighted by atomic mass is 16.5.